The van der Waals surface area contributed by atoms with E-state index >= 15 is 0 Å². The van der Waals surface area contributed by atoms with Gasteiger partial charge in [0.2, 0.25) is 5.43 Å². The molecule has 1 heterocycles. The number of allylic oxidation sites excluding steroid dienone is 4. The molecule has 12 nitrogen and oxygen atoms in total. The summed E-state index contributed by atoms with van der Waals surface area (Å²) in [6.07, 6.45) is 11.3. The van der Waals surface area contributed by atoms with Crippen molar-refractivity contribution < 1.29 is 24.1 Å². The Balaban J connectivity index is 2.06. The minimum Gasteiger partial charge on any atom is -0.507 e. The smallest absolute Gasteiger partial charge is 0.204 e. The fourth-order valence-electron chi connectivity index (χ4n) is 5.22. The number of guanidine groups is 2. The molecule has 0 aliphatic carbocycles. The zero-order valence-corrected chi connectivity index (χ0v) is 27.8. The van der Waals surface area contributed by atoms with Gasteiger partial charge in [-0.05, 0) is 77.7 Å². The molecule has 256 valence electrons. The molecular formula is C35H50N6O6. The number of aromatic hydroxyl groups is 1. The lowest BCUT2D eigenvalue weighted by Gasteiger charge is -2.18. The number of hydrogen-bond donors (Lipinski definition) is 6. The molecule has 1 aromatic heterocycles. The third kappa shape index (κ3) is 10.4. The summed E-state index contributed by atoms with van der Waals surface area (Å²) in [6.45, 7) is 7.34. The number of ether oxygens (including phenoxy) is 2. The standard InChI is InChI=1S/C35H50N6O6/c1-4-5-12-24-26(45-17-10-6-8-15-40-34(36)37)19-29-31(32(24)43)33(44)30-23(14-13-22(2)3)25(21-42)27(20-28(30)47-29)46-18-11-7-9-16-41-35(38)39/h4-5,13,19-20,42-43H,6-12,14-18,21H2,1-3H3,(H4,36,37,40)(H4,38,39,41). The fraction of sp³-hybridized carbons (Fsp3) is 0.457. The summed E-state index contributed by atoms with van der Waals surface area (Å²) in [5, 5.41) is 22.4. The van der Waals surface area contributed by atoms with Crippen molar-refractivity contribution in [2.45, 2.75) is 78.7 Å². The van der Waals surface area contributed by atoms with Crippen molar-refractivity contribution in [2.24, 2.45) is 32.9 Å². The Morgan fingerprint density at radius 1 is 0.809 bits per heavy atom. The molecule has 12 heteroatoms. The van der Waals surface area contributed by atoms with Crippen LogP contribution in [0.5, 0.6) is 17.2 Å². The molecule has 0 fully saturated rings. The molecule has 0 saturated heterocycles. The van der Waals surface area contributed by atoms with Crippen LogP contribution in [0.25, 0.3) is 21.9 Å². The van der Waals surface area contributed by atoms with E-state index in [0.29, 0.717) is 78.3 Å². The lowest BCUT2D eigenvalue weighted by atomic mass is 9.95. The number of aliphatic hydroxyl groups excluding tert-OH is 1. The summed E-state index contributed by atoms with van der Waals surface area (Å²) < 4.78 is 18.6. The molecule has 0 amide bonds. The molecule has 0 unspecified atom stereocenters. The second kappa shape index (κ2) is 18.4. The highest BCUT2D eigenvalue weighted by atomic mass is 16.5. The molecule has 0 radical (unpaired) electrons. The Bertz CT molecular complexity index is 1680. The molecule has 0 aliphatic heterocycles. The third-order valence-corrected chi connectivity index (χ3v) is 7.61. The number of nitrogens with zero attached hydrogens (tertiary/aromatic N) is 2. The third-order valence-electron chi connectivity index (χ3n) is 7.61. The lowest BCUT2D eigenvalue weighted by molar-refractivity contribution is 0.259. The number of fused-ring (bicyclic) bond motifs is 2. The minimum absolute atomic E-state index is 0.0679. The topological polar surface area (TPSA) is 218 Å². The summed E-state index contributed by atoms with van der Waals surface area (Å²) >= 11 is 0. The van der Waals surface area contributed by atoms with E-state index in [1.165, 1.54) is 0 Å². The van der Waals surface area contributed by atoms with Crippen molar-refractivity contribution in [1.29, 1.82) is 0 Å². The van der Waals surface area contributed by atoms with Crippen LogP contribution >= 0.6 is 0 Å². The number of aliphatic imine (C=N–C) groups is 2. The first-order valence-corrected chi connectivity index (χ1v) is 16.1. The lowest BCUT2D eigenvalue weighted by Crippen LogP contribution is -2.22. The van der Waals surface area contributed by atoms with Gasteiger partial charge in [0, 0.05) is 36.3 Å². The molecule has 0 atom stereocenters. The maximum absolute atomic E-state index is 14.2. The highest BCUT2D eigenvalue weighted by Crippen LogP contribution is 2.39. The maximum Gasteiger partial charge on any atom is 0.204 e. The zero-order valence-electron chi connectivity index (χ0n) is 27.8. The number of nitrogens with two attached hydrogens (primary N) is 4. The van der Waals surface area contributed by atoms with Gasteiger partial charge in [-0.25, -0.2) is 0 Å². The molecule has 0 spiro atoms. The van der Waals surface area contributed by atoms with Gasteiger partial charge in [-0.1, -0.05) is 23.8 Å². The van der Waals surface area contributed by atoms with Gasteiger partial charge < -0.3 is 47.0 Å². The van der Waals surface area contributed by atoms with Crippen LogP contribution in [0.3, 0.4) is 0 Å². The van der Waals surface area contributed by atoms with Crippen LogP contribution in [-0.2, 0) is 19.4 Å². The summed E-state index contributed by atoms with van der Waals surface area (Å²) in [6, 6.07) is 3.32. The van der Waals surface area contributed by atoms with Gasteiger partial charge in [0.25, 0.3) is 0 Å². The first kappa shape index (κ1) is 36.8. The Morgan fingerprint density at radius 2 is 1.36 bits per heavy atom. The molecule has 3 aromatic rings. The molecule has 3 rings (SSSR count). The second-order valence-electron chi connectivity index (χ2n) is 11.6. The number of rotatable bonds is 19. The average molecular weight is 651 g/mol. The van der Waals surface area contributed by atoms with Gasteiger partial charge in [-0.3, -0.25) is 14.8 Å². The minimum atomic E-state index is -0.384. The van der Waals surface area contributed by atoms with Crippen molar-refractivity contribution in [2.75, 3.05) is 26.3 Å². The highest BCUT2D eigenvalue weighted by molar-refractivity contribution is 5.97. The van der Waals surface area contributed by atoms with Crippen molar-refractivity contribution in [1.82, 2.24) is 0 Å². The first-order chi connectivity index (χ1) is 22.6. The maximum atomic E-state index is 14.2. The molecule has 10 N–H and O–H groups in total. The Morgan fingerprint density at radius 3 is 1.87 bits per heavy atom. The van der Waals surface area contributed by atoms with Crippen LogP contribution < -0.4 is 37.8 Å². The quantitative estimate of drug-likeness (QED) is 0.0353. The molecule has 0 aliphatic rings. The van der Waals surface area contributed by atoms with E-state index in [2.05, 4.69) is 9.98 Å². The van der Waals surface area contributed by atoms with E-state index in [1.54, 1.807) is 12.1 Å². The van der Waals surface area contributed by atoms with Crippen molar-refractivity contribution in [3.05, 3.63) is 62.8 Å². The molecule has 0 saturated carbocycles. The SMILES string of the molecule is CC=CCc1c(OCCCCCN=C(N)N)cc2oc3cc(OCCCCCN=C(N)N)c(CO)c(CC=C(C)C)c3c(=O)c2c1O. The highest BCUT2D eigenvalue weighted by Gasteiger charge is 2.23. The Kier molecular flexibility index (Phi) is 14.4. The summed E-state index contributed by atoms with van der Waals surface area (Å²) in [4.78, 5) is 22.2. The van der Waals surface area contributed by atoms with Gasteiger partial charge in [-0.2, -0.15) is 0 Å². The van der Waals surface area contributed by atoms with Gasteiger partial charge in [0.15, 0.2) is 11.9 Å². The number of hydrogen-bond acceptors (Lipinski definition) is 8. The van der Waals surface area contributed by atoms with Crippen molar-refractivity contribution in [3.8, 4) is 17.2 Å². The van der Waals surface area contributed by atoms with E-state index < -0.39 is 0 Å². The first-order valence-electron chi connectivity index (χ1n) is 16.1. The van der Waals surface area contributed by atoms with E-state index in [9.17, 15) is 15.0 Å². The van der Waals surface area contributed by atoms with Gasteiger partial charge in [0.05, 0.1) is 25.2 Å². The Hall–Kier alpha value is -4.71. The van der Waals surface area contributed by atoms with Crippen LogP contribution in [0.15, 0.2) is 55.1 Å². The normalized spacial score (nSPS) is 11.2. The van der Waals surface area contributed by atoms with E-state index in [0.717, 1.165) is 44.1 Å². The Labute approximate surface area is 275 Å². The van der Waals surface area contributed by atoms with Crippen LogP contribution in [0.2, 0.25) is 0 Å². The van der Waals surface area contributed by atoms with Crippen molar-refractivity contribution >= 4 is 33.9 Å². The monoisotopic (exact) mass is 650 g/mol. The number of phenolic OH excluding ortho intramolecular Hbond substituents is 1. The summed E-state index contributed by atoms with van der Waals surface area (Å²) in [7, 11) is 0. The summed E-state index contributed by atoms with van der Waals surface area (Å²) in [5.41, 5.74) is 24.3. The number of unbranched alkanes of at least 4 members (excludes halogenated alkanes) is 4. The molecule has 2 aromatic carbocycles. The second-order valence-corrected chi connectivity index (χ2v) is 11.6. The van der Waals surface area contributed by atoms with Crippen LogP contribution in [0.1, 0.15) is 76.0 Å². The molecule has 0 bridgehead atoms. The number of phenols is 1. The predicted molar refractivity (Wildman–Crippen MR) is 189 cm³/mol. The van der Waals surface area contributed by atoms with Crippen LogP contribution in [0, 0.1) is 0 Å². The van der Waals surface area contributed by atoms with Gasteiger partial charge >= 0.3 is 0 Å². The van der Waals surface area contributed by atoms with Crippen LogP contribution in [-0.4, -0.2) is 48.4 Å². The predicted octanol–water partition coefficient (Wildman–Crippen LogP) is 4.42. The summed E-state index contributed by atoms with van der Waals surface area (Å²) in [5.74, 6) is 0.837. The van der Waals surface area contributed by atoms with E-state index in [-0.39, 0.29) is 40.7 Å². The largest absolute Gasteiger partial charge is 0.507 e. The number of benzene rings is 2. The van der Waals surface area contributed by atoms with E-state index in [1.807, 2.05) is 39.0 Å². The van der Waals surface area contributed by atoms with Crippen molar-refractivity contribution in [3.63, 3.8) is 0 Å². The molecular weight excluding hydrogens is 600 g/mol. The van der Waals surface area contributed by atoms with Crippen LogP contribution in [0.4, 0.5) is 0 Å². The van der Waals surface area contributed by atoms with Gasteiger partial charge in [0.1, 0.15) is 33.8 Å². The van der Waals surface area contributed by atoms with E-state index in [4.69, 9.17) is 36.8 Å². The number of aliphatic hydroxyl groups is 1. The van der Waals surface area contributed by atoms with Gasteiger partial charge in [-0.15, -0.1) is 0 Å². The average Bonchev–Trinajstić information content (AvgIpc) is 3.01. The zero-order chi connectivity index (χ0) is 34.3. The fourth-order valence-corrected chi connectivity index (χ4v) is 5.22. The molecule has 47 heavy (non-hydrogen) atoms.